The lowest BCUT2D eigenvalue weighted by atomic mass is 10.2. The maximum Gasteiger partial charge on any atom is 0.234 e. The van der Waals surface area contributed by atoms with E-state index in [1.54, 1.807) is 6.92 Å². The van der Waals surface area contributed by atoms with E-state index in [0.717, 1.165) is 5.56 Å². The molecule has 0 spiro atoms. The summed E-state index contributed by atoms with van der Waals surface area (Å²) < 4.78 is 0. The van der Waals surface area contributed by atoms with Crippen LogP contribution in [0.15, 0.2) is 24.3 Å². The number of hydrogen-bond acceptors (Lipinski definition) is 2. The molecule has 0 saturated carbocycles. The third-order valence-electron chi connectivity index (χ3n) is 2.45. The SMILES string of the molecule is CC(C(N)=O)N(C)Cc1ccccc1Cl. The first-order valence-electron chi connectivity index (χ1n) is 4.75. The summed E-state index contributed by atoms with van der Waals surface area (Å²) >= 11 is 6.01. The van der Waals surface area contributed by atoms with Gasteiger partial charge in [0.05, 0.1) is 6.04 Å². The van der Waals surface area contributed by atoms with Crippen molar-refractivity contribution in [2.24, 2.45) is 5.73 Å². The van der Waals surface area contributed by atoms with Gasteiger partial charge in [0.15, 0.2) is 0 Å². The first-order chi connectivity index (χ1) is 7.02. The van der Waals surface area contributed by atoms with E-state index < -0.39 is 0 Å². The van der Waals surface area contributed by atoms with Crippen LogP contribution in [0.25, 0.3) is 0 Å². The summed E-state index contributed by atoms with van der Waals surface area (Å²) in [7, 11) is 1.85. The smallest absolute Gasteiger partial charge is 0.234 e. The van der Waals surface area contributed by atoms with E-state index in [9.17, 15) is 4.79 Å². The minimum atomic E-state index is -0.329. The predicted octanol–water partition coefficient (Wildman–Crippen LogP) is 1.65. The van der Waals surface area contributed by atoms with Crippen LogP contribution >= 0.6 is 11.6 Å². The highest BCUT2D eigenvalue weighted by Gasteiger charge is 2.15. The summed E-state index contributed by atoms with van der Waals surface area (Å²) in [6, 6.07) is 7.28. The lowest BCUT2D eigenvalue weighted by Crippen LogP contribution is -2.39. The van der Waals surface area contributed by atoms with Gasteiger partial charge in [-0.05, 0) is 25.6 Å². The van der Waals surface area contributed by atoms with Crippen molar-refractivity contribution in [3.05, 3.63) is 34.9 Å². The van der Waals surface area contributed by atoms with Crippen LogP contribution in [0.3, 0.4) is 0 Å². The standard InChI is InChI=1S/C11H15ClN2O/c1-8(11(13)15)14(2)7-9-5-3-4-6-10(9)12/h3-6,8H,7H2,1-2H3,(H2,13,15). The zero-order chi connectivity index (χ0) is 11.4. The van der Waals surface area contributed by atoms with E-state index in [2.05, 4.69) is 0 Å². The third-order valence-corrected chi connectivity index (χ3v) is 2.82. The van der Waals surface area contributed by atoms with Gasteiger partial charge < -0.3 is 5.73 Å². The van der Waals surface area contributed by atoms with Crippen LogP contribution in [-0.2, 0) is 11.3 Å². The average Bonchev–Trinajstić information content (AvgIpc) is 2.20. The fourth-order valence-electron chi connectivity index (χ4n) is 1.25. The monoisotopic (exact) mass is 226 g/mol. The number of benzene rings is 1. The minimum Gasteiger partial charge on any atom is -0.368 e. The van der Waals surface area contributed by atoms with Crippen molar-refractivity contribution < 1.29 is 4.79 Å². The summed E-state index contributed by atoms with van der Waals surface area (Å²) in [5.74, 6) is -0.329. The van der Waals surface area contributed by atoms with Crippen molar-refractivity contribution in [3.8, 4) is 0 Å². The molecule has 1 rings (SSSR count). The molecule has 0 aliphatic rings. The zero-order valence-corrected chi connectivity index (χ0v) is 9.66. The molecule has 0 radical (unpaired) electrons. The Hall–Kier alpha value is -1.06. The molecule has 0 bridgehead atoms. The molecule has 0 saturated heterocycles. The Morgan fingerprint density at radius 3 is 2.67 bits per heavy atom. The van der Waals surface area contributed by atoms with Gasteiger partial charge in [-0.2, -0.15) is 0 Å². The van der Waals surface area contributed by atoms with Crippen LogP contribution < -0.4 is 5.73 Å². The Morgan fingerprint density at radius 2 is 2.13 bits per heavy atom. The maximum atomic E-state index is 11.0. The van der Waals surface area contributed by atoms with Crippen LogP contribution in [-0.4, -0.2) is 23.9 Å². The summed E-state index contributed by atoms with van der Waals surface area (Å²) in [4.78, 5) is 12.8. The quantitative estimate of drug-likeness (QED) is 0.849. The second-order valence-electron chi connectivity index (χ2n) is 3.58. The number of carbonyl (C=O) groups is 1. The van der Waals surface area contributed by atoms with Crippen molar-refractivity contribution >= 4 is 17.5 Å². The van der Waals surface area contributed by atoms with Gasteiger partial charge >= 0.3 is 0 Å². The maximum absolute atomic E-state index is 11.0. The molecule has 3 nitrogen and oxygen atoms in total. The second kappa shape index (κ2) is 5.14. The zero-order valence-electron chi connectivity index (χ0n) is 8.90. The van der Waals surface area contributed by atoms with Crippen LogP contribution in [0.1, 0.15) is 12.5 Å². The molecule has 0 fully saturated rings. The van der Waals surface area contributed by atoms with E-state index in [-0.39, 0.29) is 11.9 Å². The van der Waals surface area contributed by atoms with Gasteiger partial charge in [-0.25, -0.2) is 0 Å². The molecule has 15 heavy (non-hydrogen) atoms. The normalized spacial score (nSPS) is 12.8. The Bertz CT molecular complexity index is 354. The Kier molecular flexibility index (Phi) is 4.12. The molecule has 1 aromatic carbocycles. The molecule has 0 aliphatic heterocycles. The number of hydrogen-bond donors (Lipinski definition) is 1. The molecule has 1 atom stereocenters. The molecule has 0 aliphatic carbocycles. The summed E-state index contributed by atoms with van der Waals surface area (Å²) in [5, 5.41) is 0.709. The van der Waals surface area contributed by atoms with Gasteiger partial charge in [-0.15, -0.1) is 0 Å². The van der Waals surface area contributed by atoms with E-state index in [4.69, 9.17) is 17.3 Å². The predicted molar refractivity (Wildman–Crippen MR) is 61.6 cm³/mol. The van der Waals surface area contributed by atoms with Crippen LogP contribution in [0, 0.1) is 0 Å². The number of nitrogens with zero attached hydrogens (tertiary/aromatic N) is 1. The molecule has 1 amide bonds. The number of amides is 1. The van der Waals surface area contributed by atoms with Gasteiger partial charge in [0.25, 0.3) is 0 Å². The van der Waals surface area contributed by atoms with Crippen molar-refractivity contribution in [1.29, 1.82) is 0 Å². The van der Waals surface area contributed by atoms with E-state index >= 15 is 0 Å². The van der Waals surface area contributed by atoms with Crippen LogP contribution in [0.2, 0.25) is 5.02 Å². The molecular formula is C11H15ClN2O. The van der Waals surface area contributed by atoms with Crippen molar-refractivity contribution in [1.82, 2.24) is 4.90 Å². The fraction of sp³-hybridized carbons (Fsp3) is 0.364. The van der Waals surface area contributed by atoms with Gasteiger partial charge in [-0.3, -0.25) is 9.69 Å². The molecular weight excluding hydrogens is 212 g/mol. The van der Waals surface area contributed by atoms with E-state index in [1.165, 1.54) is 0 Å². The fourth-order valence-corrected chi connectivity index (χ4v) is 1.44. The highest BCUT2D eigenvalue weighted by atomic mass is 35.5. The van der Waals surface area contributed by atoms with Crippen LogP contribution in [0.4, 0.5) is 0 Å². The lowest BCUT2D eigenvalue weighted by Gasteiger charge is -2.22. The van der Waals surface area contributed by atoms with Crippen LogP contribution in [0.5, 0.6) is 0 Å². The molecule has 82 valence electrons. The highest BCUT2D eigenvalue weighted by molar-refractivity contribution is 6.31. The summed E-state index contributed by atoms with van der Waals surface area (Å²) in [5.41, 5.74) is 6.21. The average molecular weight is 227 g/mol. The molecule has 2 N–H and O–H groups in total. The van der Waals surface area contributed by atoms with Gasteiger partial charge in [-0.1, -0.05) is 29.8 Å². The van der Waals surface area contributed by atoms with E-state index in [1.807, 2.05) is 36.2 Å². The Balaban J connectivity index is 2.70. The number of carbonyl (C=O) groups excluding carboxylic acids is 1. The minimum absolute atomic E-state index is 0.290. The largest absolute Gasteiger partial charge is 0.368 e. The van der Waals surface area contributed by atoms with Crippen molar-refractivity contribution in [2.75, 3.05) is 7.05 Å². The number of primary amides is 1. The van der Waals surface area contributed by atoms with Crippen molar-refractivity contribution in [3.63, 3.8) is 0 Å². The number of halogens is 1. The first kappa shape index (κ1) is 12.0. The molecule has 0 heterocycles. The van der Waals surface area contributed by atoms with E-state index in [0.29, 0.717) is 11.6 Å². The number of nitrogens with two attached hydrogens (primary N) is 1. The second-order valence-corrected chi connectivity index (χ2v) is 3.99. The van der Waals surface area contributed by atoms with Gasteiger partial charge in [0.1, 0.15) is 0 Å². The molecule has 0 aromatic heterocycles. The lowest BCUT2D eigenvalue weighted by molar-refractivity contribution is -0.122. The molecule has 1 aromatic rings. The summed E-state index contributed by atoms with van der Waals surface area (Å²) in [6.45, 7) is 2.39. The van der Waals surface area contributed by atoms with Crippen molar-refractivity contribution in [2.45, 2.75) is 19.5 Å². The number of rotatable bonds is 4. The Labute approximate surface area is 94.8 Å². The topological polar surface area (TPSA) is 46.3 Å². The third kappa shape index (κ3) is 3.22. The number of likely N-dealkylation sites (N-methyl/N-ethyl adjacent to an activating group) is 1. The summed E-state index contributed by atoms with van der Waals surface area (Å²) in [6.07, 6.45) is 0. The molecule has 1 unspecified atom stereocenters. The van der Waals surface area contributed by atoms with Gasteiger partial charge in [0.2, 0.25) is 5.91 Å². The first-order valence-corrected chi connectivity index (χ1v) is 5.13. The van der Waals surface area contributed by atoms with Gasteiger partial charge in [0, 0.05) is 11.6 Å². The molecule has 4 heteroatoms. The highest BCUT2D eigenvalue weighted by Crippen LogP contribution is 2.17. The Morgan fingerprint density at radius 1 is 1.53 bits per heavy atom.